The average Bonchev–Trinajstić information content (AvgIpc) is 2.82. The quantitative estimate of drug-likeness (QED) is 0.878. The van der Waals surface area contributed by atoms with Crippen LogP contribution in [0.5, 0.6) is 0 Å². The summed E-state index contributed by atoms with van der Waals surface area (Å²) in [6.45, 7) is 0.385. The largest absolute Gasteiger partial charge is 0.396 e. The molecular formula is C11H19N3O2S. The third kappa shape index (κ3) is 3.21. The Kier molecular flexibility index (Phi) is 3.42. The van der Waals surface area contributed by atoms with Gasteiger partial charge in [-0.15, -0.1) is 0 Å². The molecule has 6 heteroatoms. The van der Waals surface area contributed by atoms with E-state index in [0.29, 0.717) is 18.2 Å². The fraction of sp³-hybridized carbons (Fsp3) is 0.727. The minimum Gasteiger partial charge on any atom is -0.396 e. The lowest BCUT2D eigenvalue weighted by atomic mass is 10.0. The molecule has 5 nitrogen and oxygen atoms in total. The van der Waals surface area contributed by atoms with Crippen molar-refractivity contribution in [2.24, 2.45) is 0 Å². The number of rotatable bonds is 4. The maximum absolute atomic E-state index is 11.1. The fourth-order valence-corrected chi connectivity index (χ4v) is 2.86. The van der Waals surface area contributed by atoms with Gasteiger partial charge in [0.05, 0.1) is 23.7 Å². The van der Waals surface area contributed by atoms with Crippen LogP contribution in [-0.2, 0) is 16.4 Å². The van der Waals surface area contributed by atoms with E-state index in [2.05, 4.69) is 5.10 Å². The summed E-state index contributed by atoms with van der Waals surface area (Å²) in [5, 5.41) is 4.42. The van der Waals surface area contributed by atoms with Crippen LogP contribution in [0, 0.1) is 0 Å². The Morgan fingerprint density at radius 2 is 2.12 bits per heavy atom. The molecule has 0 unspecified atom stereocenters. The molecule has 96 valence electrons. The van der Waals surface area contributed by atoms with Crippen LogP contribution in [-0.4, -0.2) is 30.2 Å². The minimum atomic E-state index is -2.95. The molecule has 1 aromatic rings. The van der Waals surface area contributed by atoms with Crippen molar-refractivity contribution in [2.45, 2.75) is 38.1 Å². The topological polar surface area (TPSA) is 78.0 Å². The highest BCUT2D eigenvalue weighted by Crippen LogP contribution is 2.35. The van der Waals surface area contributed by atoms with Gasteiger partial charge in [-0.05, 0) is 12.8 Å². The second-order valence-corrected chi connectivity index (χ2v) is 7.10. The van der Waals surface area contributed by atoms with Gasteiger partial charge in [0.25, 0.3) is 0 Å². The maximum Gasteiger partial charge on any atom is 0.149 e. The van der Waals surface area contributed by atoms with E-state index in [-0.39, 0.29) is 5.75 Å². The van der Waals surface area contributed by atoms with Gasteiger partial charge in [-0.1, -0.05) is 12.8 Å². The highest BCUT2D eigenvalue weighted by atomic mass is 32.2. The Morgan fingerprint density at radius 3 is 2.71 bits per heavy atom. The highest BCUT2D eigenvalue weighted by Gasteiger charge is 2.22. The number of hydrogen-bond acceptors (Lipinski definition) is 4. The second kappa shape index (κ2) is 4.68. The Bertz CT molecular complexity index is 487. The molecular weight excluding hydrogens is 238 g/mol. The molecule has 1 aliphatic rings. The summed E-state index contributed by atoms with van der Waals surface area (Å²) in [5.74, 6) is 0.576. The van der Waals surface area contributed by atoms with Crippen LogP contribution < -0.4 is 5.73 Å². The van der Waals surface area contributed by atoms with Crippen molar-refractivity contribution in [3.63, 3.8) is 0 Å². The summed E-state index contributed by atoms with van der Waals surface area (Å²) in [7, 11) is -2.95. The molecule has 0 saturated heterocycles. The molecule has 1 aromatic heterocycles. The van der Waals surface area contributed by atoms with E-state index in [0.717, 1.165) is 18.5 Å². The van der Waals surface area contributed by atoms with Gasteiger partial charge in [0.2, 0.25) is 0 Å². The normalized spacial score (nSPS) is 17.7. The lowest BCUT2D eigenvalue weighted by molar-refractivity contribution is 0.579. The molecule has 0 aliphatic heterocycles. The van der Waals surface area contributed by atoms with Gasteiger partial charge >= 0.3 is 0 Å². The Hall–Kier alpha value is -1.04. The third-order valence-corrected chi connectivity index (χ3v) is 4.18. The van der Waals surface area contributed by atoms with Gasteiger partial charge < -0.3 is 5.73 Å². The maximum atomic E-state index is 11.1. The zero-order valence-corrected chi connectivity index (χ0v) is 10.9. The molecule has 1 saturated carbocycles. The van der Waals surface area contributed by atoms with E-state index in [9.17, 15) is 8.42 Å². The van der Waals surface area contributed by atoms with Gasteiger partial charge in [0, 0.05) is 18.4 Å². The number of nitrogens with two attached hydrogens (primary N) is 1. The van der Waals surface area contributed by atoms with Crippen LogP contribution in [0.15, 0.2) is 6.20 Å². The number of nitrogen functional groups attached to an aromatic ring is 1. The molecule has 17 heavy (non-hydrogen) atoms. The molecule has 0 amide bonds. The predicted molar refractivity (Wildman–Crippen MR) is 67.6 cm³/mol. The Labute approximate surface area is 102 Å². The lowest BCUT2D eigenvalue weighted by Crippen LogP contribution is -2.12. The van der Waals surface area contributed by atoms with Crippen molar-refractivity contribution < 1.29 is 8.42 Å². The first-order valence-corrected chi connectivity index (χ1v) is 8.02. The minimum absolute atomic E-state index is 0.109. The molecule has 2 rings (SSSR count). The monoisotopic (exact) mass is 257 g/mol. The third-order valence-electron chi connectivity index (χ3n) is 3.25. The molecule has 0 atom stereocenters. The first-order chi connectivity index (χ1) is 7.96. The average molecular weight is 257 g/mol. The zero-order chi connectivity index (χ0) is 12.5. The van der Waals surface area contributed by atoms with Crippen LogP contribution in [0.25, 0.3) is 0 Å². The first-order valence-electron chi connectivity index (χ1n) is 5.96. The summed E-state index contributed by atoms with van der Waals surface area (Å²) < 4.78 is 23.8. The van der Waals surface area contributed by atoms with E-state index in [4.69, 9.17) is 5.73 Å². The van der Waals surface area contributed by atoms with E-state index in [1.807, 2.05) is 0 Å². The van der Waals surface area contributed by atoms with Gasteiger partial charge in [-0.2, -0.15) is 5.10 Å². The van der Waals surface area contributed by atoms with E-state index >= 15 is 0 Å². The van der Waals surface area contributed by atoms with Crippen molar-refractivity contribution in [2.75, 3.05) is 17.7 Å². The summed E-state index contributed by atoms with van der Waals surface area (Å²) in [5.41, 5.74) is 7.58. The number of nitrogens with zero attached hydrogens (tertiary/aromatic N) is 2. The number of aromatic nitrogens is 2. The molecule has 0 bridgehead atoms. The first kappa shape index (κ1) is 12.4. The lowest BCUT2D eigenvalue weighted by Gasteiger charge is -2.05. The van der Waals surface area contributed by atoms with Crippen LogP contribution in [0.2, 0.25) is 0 Å². The Morgan fingerprint density at radius 1 is 1.47 bits per heavy atom. The van der Waals surface area contributed by atoms with E-state index < -0.39 is 9.84 Å². The highest BCUT2D eigenvalue weighted by molar-refractivity contribution is 7.90. The molecule has 1 aliphatic carbocycles. The van der Waals surface area contributed by atoms with E-state index in [1.165, 1.54) is 19.1 Å². The van der Waals surface area contributed by atoms with Crippen LogP contribution in [0.4, 0.5) is 5.69 Å². The van der Waals surface area contributed by atoms with Crippen molar-refractivity contribution in [3.05, 3.63) is 11.9 Å². The van der Waals surface area contributed by atoms with Crippen LogP contribution in [0.3, 0.4) is 0 Å². The Balaban J connectivity index is 2.07. The van der Waals surface area contributed by atoms with Gasteiger partial charge in [0.15, 0.2) is 0 Å². The summed E-state index contributed by atoms with van der Waals surface area (Å²) >= 11 is 0. The molecule has 0 spiro atoms. The smallest absolute Gasteiger partial charge is 0.149 e. The molecule has 2 N–H and O–H groups in total. The number of hydrogen-bond donors (Lipinski definition) is 1. The summed E-state index contributed by atoms with van der Waals surface area (Å²) in [6, 6.07) is 0. The van der Waals surface area contributed by atoms with Crippen molar-refractivity contribution >= 4 is 15.5 Å². The number of sulfone groups is 1. The number of anilines is 1. The molecule has 1 fully saturated rings. The molecule has 1 heterocycles. The van der Waals surface area contributed by atoms with Crippen LogP contribution in [0.1, 0.15) is 37.3 Å². The second-order valence-electron chi connectivity index (χ2n) is 4.84. The van der Waals surface area contributed by atoms with Crippen molar-refractivity contribution in [1.82, 2.24) is 9.78 Å². The molecule has 0 aromatic carbocycles. The predicted octanol–water partition coefficient (Wildman–Crippen LogP) is 1.17. The van der Waals surface area contributed by atoms with Crippen molar-refractivity contribution in [1.29, 1.82) is 0 Å². The fourth-order valence-electron chi connectivity index (χ4n) is 2.34. The van der Waals surface area contributed by atoms with Gasteiger partial charge in [-0.25, -0.2) is 8.42 Å². The van der Waals surface area contributed by atoms with Gasteiger partial charge in [0.1, 0.15) is 9.84 Å². The summed E-state index contributed by atoms with van der Waals surface area (Å²) in [6.07, 6.45) is 7.75. The van der Waals surface area contributed by atoms with Crippen LogP contribution >= 0.6 is 0 Å². The SMILES string of the molecule is CS(=O)(=O)CCn1cc(N)c(C2CCCC2)n1. The standard InChI is InChI=1S/C11H19N3O2S/c1-17(15,16)7-6-14-8-10(12)11(13-14)9-4-2-3-5-9/h8-9H,2-7,12H2,1H3. The van der Waals surface area contributed by atoms with Gasteiger partial charge in [-0.3, -0.25) is 4.68 Å². The number of aryl methyl sites for hydroxylation is 1. The van der Waals surface area contributed by atoms with Crippen molar-refractivity contribution in [3.8, 4) is 0 Å². The summed E-state index contributed by atoms with van der Waals surface area (Å²) in [4.78, 5) is 0. The van der Waals surface area contributed by atoms with E-state index in [1.54, 1.807) is 10.9 Å². The molecule has 0 radical (unpaired) electrons. The zero-order valence-electron chi connectivity index (χ0n) is 10.1.